The molecule has 0 radical (unpaired) electrons. The first kappa shape index (κ1) is 20.2. The van der Waals surface area contributed by atoms with Crippen molar-refractivity contribution >= 4 is 6.09 Å². The predicted molar refractivity (Wildman–Crippen MR) is 119 cm³/mol. The Bertz CT molecular complexity index is 967. The summed E-state index contributed by atoms with van der Waals surface area (Å²) in [4.78, 5) is 12.3. The van der Waals surface area contributed by atoms with Crippen LogP contribution in [0.15, 0.2) is 72.8 Å². The first-order chi connectivity index (χ1) is 14.7. The van der Waals surface area contributed by atoms with Gasteiger partial charge in [-0.3, -0.25) is 0 Å². The van der Waals surface area contributed by atoms with Crippen LogP contribution in [0.1, 0.15) is 28.2 Å². The van der Waals surface area contributed by atoms with Gasteiger partial charge in [0.1, 0.15) is 6.61 Å². The number of fused-ring (bicyclic) bond motifs is 3. The molecule has 4 rings (SSSR count). The molecule has 1 aliphatic rings. The molecule has 0 saturated carbocycles. The van der Waals surface area contributed by atoms with Crippen LogP contribution in [-0.4, -0.2) is 31.0 Å². The van der Waals surface area contributed by atoms with Gasteiger partial charge in [-0.15, -0.1) is 0 Å². The lowest BCUT2D eigenvalue weighted by Gasteiger charge is -2.17. The van der Waals surface area contributed by atoms with E-state index >= 15 is 0 Å². The van der Waals surface area contributed by atoms with Gasteiger partial charge in [-0.25, -0.2) is 4.79 Å². The molecule has 1 aliphatic carbocycles. The van der Waals surface area contributed by atoms with Crippen LogP contribution < -0.4 is 5.32 Å². The molecule has 1 atom stereocenters. The van der Waals surface area contributed by atoms with Crippen molar-refractivity contribution in [2.75, 3.05) is 19.8 Å². The SMILES string of the molecule is Cc1ccc(CC(CO)CNC(=O)OCC2c3ccccc3-c3ccccc32)cc1. The monoisotopic (exact) mass is 401 g/mol. The molecule has 1 amide bonds. The highest BCUT2D eigenvalue weighted by atomic mass is 16.5. The fraction of sp³-hybridized carbons (Fsp3) is 0.269. The normalized spacial score (nSPS) is 13.4. The Morgan fingerprint density at radius 3 is 2.17 bits per heavy atom. The molecular formula is C26H27NO3. The maximum absolute atomic E-state index is 12.3. The number of ether oxygens (including phenoxy) is 1. The molecule has 0 aliphatic heterocycles. The summed E-state index contributed by atoms with van der Waals surface area (Å²) in [5.74, 6) is -0.00228. The number of nitrogens with one attached hydrogen (secondary N) is 1. The summed E-state index contributed by atoms with van der Waals surface area (Å²) >= 11 is 0. The van der Waals surface area contributed by atoms with Crippen molar-refractivity contribution in [1.82, 2.24) is 5.32 Å². The summed E-state index contributed by atoms with van der Waals surface area (Å²) in [5.41, 5.74) is 7.16. The molecule has 2 N–H and O–H groups in total. The molecule has 0 fully saturated rings. The van der Waals surface area contributed by atoms with E-state index in [0.29, 0.717) is 19.6 Å². The van der Waals surface area contributed by atoms with Crippen molar-refractivity contribution in [2.45, 2.75) is 19.3 Å². The summed E-state index contributed by atoms with van der Waals surface area (Å²) in [7, 11) is 0. The number of benzene rings is 3. The van der Waals surface area contributed by atoms with Gasteiger partial charge >= 0.3 is 6.09 Å². The number of aliphatic hydroxyl groups is 1. The van der Waals surface area contributed by atoms with Crippen molar-refractivity contribution in [2.24, 2.45) is 5.92 Å². The molecular weight excluding hydrogens is 374 g/mol. The van der Waals surface area contributed by atoms with Crippen LogP contribution in [-0.2, 0) is 11.2 Å². The van der Waals surface area contributed by atoms with E-state index in [2.05, 4.69) is 53.8 Å². The standard InChI is InChI=1S/C26H27NO3/c1-18-10-12-19(13-11-18)14-20(16-28)15-27-26(29)30-17-25-23-8-4-2-6-21(23)22-7-3-5-9-24(22)25/h2-13,20,25,28H,14-17H2,1H3,(H,27,29). The second-order valence-electron chi connectivity index (χ2n) is 7.94. The Kier molecular flexibility index (Phi) is 6.15. The fourth-order valence-electron chi connectivity index (χ4n) is 4.14. The first-order valence-electron chi connectivity index (χ1n) is 10.4. The molecule has 3 aromatic rings. The van der Waals surface area contributed by atoms with Gasteiger partial charge in [0.2, 0.25) is 0 Å². The summed E-state index contributed by atoms with van der Waals surface area (Å²) in [6, 6.07) is 24.8. The average molecular weight is 402 g/mol. The number of carbonyl (C=O) groups is 1. The molecule has 3 aromatic carbocycles. The van der Waals surface area contributed by atoms with E-state index in [9.17, 15) is 9.90 Å². The summed E-state index contributed by atoms with van der Waals surface area (Å²) in [5, 5.41) is 12.5. The third-order valence-electron chi connectivity index (χ3n) is 5.78. The van der Waals surface area contributed by atoms with Crippen LogP contribution >= 0.6 is 0 Å². The third-order valence-corrected chi connectivity index (χ3v) is 5.78. The second-order valence-corrected chi connectivity index (χ2v) is 7.94. The van der Waals surface area contributed by atoms with Crippen molar-refractivity contribution in [3.63, 3.8) is 0 Å². The number of rotatable bonds is 7. The van der Waals surface area contributed by atoms with Crippen LogP contribution in [0.25, 0.3) is 11.1 Å². The Labute approximate surface area is 177 Å². The van der Waals surface area contributed by atoms with Gasteiger partial charge in [0.05, 0.1) is 0 Å². The summed E-state index contributed by atoms with van der Waals surface area (Å²) < 4.78 is 5.57. The van der Waals surface area contributed by atoms with Crippen molar-refractivity contribution < 1.29 is 14.6 Å². The number of hydrogen-bond donors (Lipinski definition) is 2. The van der Waals surface area contributed by atoms with Gasteiger partial charge in [-0.1, -0.05) is 78.4 Å². The van der Waals surface area contributed by atoms with Gasteiger partial charge in [0.15, 0.2) is 0 Å². The van der Waals surface area contributed by atoms with E-state index in [1.807, 2.05) is 31.2 Å². The first-order valence-corrected chi connectivity index (χ1v) is 10.4. The Morgan fingerprint density at radius 1 is 0.967 bits per heavy atom. The van der Waals surface area contributed by atoms with E-state index in [-0.39, 0.29) is 18.4 Å². The van der Waals surface area contributed by atoms with Crippen LogP contribution in [0.2, 0.25) is 0 Å². The van der Waals surface area contributed by atoms with Gasteiger partial charge < -0.3 is 15.2 Å². The zero-order valence-electron chi connectivity index (χ0n) is 17.2. The van der Waals surface area contributed by atoms with Crippen LogP contribution in [0, 0.1) is 12.8 Å². The topological polar surface area (TPSA) is 58.6 Å². The largest absolute Gasteiger partial charge is 0.449 e. The quantitative estimate of drug-likeness (QED) is 0.604. The minimum absolute atomic E-state index is 0.0114. The van der Waals surface area contributed by atoms with Crippen molar-refractivity contribution in [3.05, 3.63) is 95.1 Å². The van der Waals surface area contributed by atoms with Crippen molar-refractivity contribution in [3.8, 4) is 11.1 Å². The Hall–Kier alpha value is -3.11. The maximum atomic E-state index is 12.3. The highest BCUT2D eigenvalue weighted by Crippen LogP contribution is 2.44. The molecule has 30 heavy (non-hydrogen) atoms. The number of hydrogen-bond acceptors (Lipinski definition) is 3. The minimum Gasteiger partial charge on any atom is -0.449 e. The lowest BCUT2D eigenvalue weighted by molar-refractivity contribution is 0.138. The van der Waals surface area contributed by atoms with E-state index in [1.54, 1.807) is 0 Å². The van der Waals surface area contributed by atoms with Crippen LogP contribution in [0.4, 0.5) is 4.79 Å². The summed E-state index contributed by atoms with van der Waals surface area (Å²) in [6.45, 7) is 2.73. The maximum Gasteiger partial charge on any atom is 0.407 e. The predicted octanol–water partition coefficient (Wildman–Crippen LogP) is 4.68. The van der Waals surface area contributed by atoms with Crippen LogP contribution in [0.3, 0.4) is 0 Å². The van der Waals surface area contributed by atoms with E-state index < -0.39 is 6.09 Å². The number of amides is 1. The van der Waals surface area contributed by atoms with Gasteiger partial charge in [0.25, 0.3) is 0 Å². The van der Waals surface area contributed by atoms with Gasteiger partial charge in [-0.05, 0) is 41.2 Å². The molecule has 4 nitrogen and oxygen atoms in total. The third kappa shape index (κ3) is 4.39. The van der Waals surface area contributed by atoms with Gasteiger partial charge in [0, 0.05) is 25.0 Å². The highest BCUT2D eigenvalue weighted by Gasteiger charge is 2.29. The molecule has 0 spiro atoms. The molecule has 0 aromatic heterocycles. The molecule has 0 bridgehead atoms. The van der Waals surface area contributed by atoms with E-state index in [4.69, 9.17) is 4.74 Å². The Morgan fingerprint density at radius 2 is 1.57 bits per heavy atom. The lowest BCUT2D eigenvalue weighted by atomic mass is 9.98. The molecule has 0 saturated heterocycles. The lowest BCUT2D eigenvalue weighted by Crippen LogP contribution is -2.33. The van der Waals surface area contributed by atoms with E-state index in [1.165, 1.54) is 27.8 Å². The molecule has 0 heterocycles. The second kappa shape index (κ2) is 9.14. The summed E-state index contributed by atoms with van der Waals surface area (Å²) in [6.07, 6.45) is 0.264. The zero-order valence-corrected chi connectivity index (χ0v) is 17.2. The Balaban J connectivity index is 1.33. The zero-order chi connectivity index (χ0) is 20.9. The van der Waals surface area contributed by atoms with E-state index in [0.717, 1.165) is 5.56 Å². The number of aryl methyl sites for hydroxylation is 1. The smallest absolute Gasteiger partial charge is 0.407 e. The minimum atomic E-state index is -0.445. The van der Waals surface area contributed by atoms with Crippen molar-refractivity contribution in [1.29, 1.82) is 0 Å². The fourth-order valence-corrected chi connectivity index (χ4v) is 4.14. The number of carbonyl (C=O) groups excluding carboxylic acids is 1. The average Bonchev–Trinajstić information content (AvgIpc) is 3.10. The molecule has 4 heteroatoms. The highest BCUT2D eigenvalue weighted by molar-refractivity contribution is 5.79. The number of alkyl carbamates (subject to hydrolysis) is 1. The van der Waals surface area contributed by atoms with Gasteiger partial charge in [-0.2, -0.15) is 0 Å². The molecule has 1 unspecified atom stereocenters. The van der Waals surface area contributed by atoms with Crippen LogP contribution in [0.5, 0.6) is 0 Å². The number of aliphatic hydroxyl groups excluding tert-OH is 1. The molecule has 154 valence electrons.